The normalized spacial score (nSPS) is 35.5. The molecule has 3 nitrogen and oxygen atoms in total. The predicted octanol–water partition coefficient (Wildman–Crippen LogP) is 0.742. The molecular weight excluding hydrogens is 132 g/mol. The van der Waals surface area contributed by atoms with Crippen LogP contribution < -0.4 is 0 Å². The number of rotatable bonds is 2. The van der Waals surface area contributed by atoms with E-state index >= 15 is 0 Å². The van der Waals surface area contributed by atoms with E-state index < -0.39 is 5.97 Å². The van der Waals surface area contributed by atoms with Crippen LogP contribution in [0.2, 0.25) is 0 Å². The number of methoxy groups -OCH3 is 1. The maximum atomic E-state index is 10.5. The van der Waals surface area contributed by atoms with Gasteiger partial charge in [0.25, 0.3) is 0 Å². The highest BCUT2D eigenvalue weighted by Gasteiger charge is 2.63. The lowest BCUT2D eigenvalue weighted by atomic mass is 10.1. The van der Waals surface area contributed by atoms with E-state index in [-0.39, 0.29) is 17.4 Å². The maximum Gasteiger partial charge on any atom is 0.309 e. The SMILES string of the molecule is CO[C@@H]1[C@H](C(=O)O)C1(C)C. The highest BCUT2D eigenvalue weighted by Crippen LogP contribution is 2.53. The standard InChI is InChI=1S/C7H12O3/c1-7(2)4(6(8)9)5(7)10-3/h4-5H,1-3H3,(H,8,9)/t4-,5-/m1/s1. The molecule has 0 radical (unpaired) electrons. The van der Waals surface area contributed by atoms with Crippen molar-refractivity contribution >= 4 is 5.97 Å². The number of aliphatic carboxylic acids is 1. The van der Waals surface area contributed by atoms with Crippen molar-refractivity contribution in [1.29, 1.82) is 0 Å². The molecule has 0 unspecified atom stereocenters. The minimum Gasteiger partial charge on any atom is -0.481 e. The number of ether oxygens (including phenoxy) is 1. The summed E-state index contributed by atoms with van der Waals surface area (Å²) in [5.74, 6) is -1.06. The molecular formula is C7H12O3. The first kappa shape index (κ1) is 7.54. The van der Waals surface area contributed by atoms with Crippen LogP contribution >= 0.6 is 0 Å². The third-order valence-electron chi connectivity index (χ3n) is 2.25. The first-order valence-electron chi connectivity index (χ1n) is 3.27. The second-order valence-corrected chi connectivity index (χ2v) is 3.29. The highest BCUT2D eigenvalue weighted by molar-refractivity contribution is 5.76. The molecule has 2 atom stereocenters. The fourth-order valence-corrected chi connectivity index (χ4v) is 1.48. The van der Waals surface area contributed by atoms with Crippen LogP contribution in [-0.2, 0) is 9.53 Å². The van der Waals surface area contributed by atoms with E-state index in [1.54, 1.807) is 7.11 Å². The number of carboxylic acids is 1. The molecule has 0 aliphatic heterocycles. The Hall–Kier alpha value is -0.570. The van der Waals surface area contributed by atoms with Crippen LogP contribution in [0.25, 0.3) is 0 Å². The minimum atomic E-state index is -0.753. The summed E-state index contributed by atoms with van der Waals surface area (Å²) in [5, 5.41) is 8.61. The third-order valence-corrected chi connectivity index (χ3v) is 2.25. The van der Waals surface area contributed by atoms with Crippen LogP contribution in [0.4, 0.5) is 0 Å². The minimum absolute atomic E-state index is 0.0926. The van der Waals surface area contributed by atoms with Gasteiger partial charge in [0.05, 0.1) is 12.0 Å². The van der Waals surface area contributed by atoms with Gasteiger partial charge in [-0.3, -0.25) is 4.79 Å². The summed E-state index contributed by atoms with van der Waals surface area (Å²) in [6.45, 7) is 3.81. The van der Waals surface area contributed by atoms with Gasteiger partial charge in [0, 0.05) is 12.5 Å². The Balaban J connectivity index is 2.61. The molecule has 0 aromatic carbocycles. The highest BCUT2D eigenvalue weighted by atomic mass is 16.5. The molecule has 1 N–H and O–H groups in total. The van der Waals surface area contributed by atoms with Gasteiger partial charge in [0.1, 0.15) is 0 Å². The summed E-state index contributed by atoms with van der Waals surface area (Å²) in [6.07, 6.45) is -0.0926. The van der Waals surface area contributed by atoms with Crippen molar-refractivity contribution < 1.29 is 14.6 Å². The van der Waals surface area contributed by atoms with E-state index in [2.05, 4.69) is 0 Å². The fraction of sp³-hybridized carbons (Fsp3) is 0.857. The zero-order chi connectivity index (χ0) is 7.94. The zero-order valence-corrected chi connectivity index (χ0v) is 6.42. The Morgan fingerprint density at radius 1 is 1.60 bits per heavy atom. The van der Waals surface area contributed by atoms with E-state index in [1.807, 2.05) is 13.8 Å². The summed E-state index contributed by atoms with van der Waals surface area (Å²) in [6, 6.07) is 0. The molecule has 0 aromatic heterocycles. The molecule has 0 heterocycles. The van der Waals surface area contributed by atoms with Crippen molar-refractivity contribution in [2.24, 2.45) is 11.3 Å². The van der Waals surface area contributed by atoms with Crippen molar-refractivity contribution in [2.75, 3.05) is 7.11 Å². The molecule has 1 saturated carbocycles. The topological polar surface area (TPSA) is 46.5 Å². The summed E-state index contributed by atoms with van der Waals surface area (Å²) >= 11 is 0. The quantitative estimate of drug-likeness (QED) is 0.621. The molecule has 0 bridgehead atoms. The summed E-state index contributed by atoms with van der Waals surface area (Å²) in [4.78, 5) is 10.5. The molecule has 1 fully saturated rings. The molecule has 0 amide bonds. The molecule has 10 heavy (non-hydrogen) atoms. The van der Waals surface area contributed by atoms with Crippen molar-refractivity contribution in [3.63, 3.8) is 0 Å². The van der Waals surface area contributed by atoms with Gasteiger partial charge < -0.3 is 9.84 Å². The molecule has 1 aliphatic rings. The second-order valence-electron chi connectivity index (χ2n) is 3.29. The molecule has 3 heteroatoms. The molecule has 0 saturated heterocycles. The number of hydrogen-bond donors (Lipinski definition) is 1. The van der Waals surface area contributed by atoms with Gasteiger partial charge in [-0.15, -0.1) is 0 Å². The predicted molar refractivity (Wildman–Crippen MR) is 35.7 cm³/mol. The Labute approximate surface area is 60.0 Å². The fourth-order valence-electron chi connectivity index (χ4n) is 1.48. The molecule has 1 aliphatic carbocycles. The Morgan fingerprint density at radius 2 is 2.10 bits per heavy atom. The summed E-state index contributed by atoms with van der Waals surface area (Å²) < 4.78 is 4.97. The van der Waals surface area contributed by atoms with Crippen LogP contribution in [0.1, 0.15) is 13.8 Å². The largest absolute Gasteiger partial charge is 0.481 e. The molecule has 58 valence electrons. The maximum absolute atomic E-state index is 10.5. The zero-order valence-electron chi connectivity index (χ0n) is 6.42. The Morgan fingerprint density at radius 3 is 2.20 bits per heavy atom. The van der Waals surface area contributed by atoms with Crippen LogP contribution in [0.3, 0.4) is 0 Å². The number of carboxylic acid groups (broad SMARTS) is 1. The van der Waals surface area contributed by atoms with E-state index in [4.69, 9.17) is 9.84 Å². The van der Waals surface area contributed by atoms with Crippen LogP contribution in [0.5, 0.6) is 0 Å². The van der Waals surface area contributed by atoms with Gasteiger partial charge >= 0.3 is 5.97 Å². The van der Waals surface area contributed by atoms with Gasteiger partial charge in [-0.05, 0) is 0 Å². The van der Waals surface area contributed by atoms with E-state index in [1.165, 1.54) is 0 Å². The lowest BCUT2D eigenvalue weighted by molar-refractivity contribution is -0.139. The Kier molecular flexibility index (Phi) is 1.47. The lowest BCUT2D eigenvalue weighted by Crippen LogP contribution is -2.03. The number of carbonyl (C=O) groups is 1. The van der Waals surface area contributed by atoms with Gasteiger partial charge in [-0.2, -0.15) is 0 Å². The van der Waals surface area contributed by atoms with Gasteiger partial charge in [-0.1, -0.05) is 13.8 Å². The van der Waals surface area contributed by atoms with E-state index in [0.717, 1.165) is 0 Å². The van der Waals surface area contributed by atoms with E-state index in [0.29, 0.717) is 0 Å². The summed E-state index contributed by atoms with van der Waals surface area (Å²) in [5.41, 5.74) is -0.166. The van der Waals surface area contributed by atoms with Crippen molar-refractivity contribution in [1.82, 2.24) is 0 Å². The molecule has 0 spiro atoms. The number of hydrogen-bond acceptors (Lipinski definition) is 2. The van der Waals surface area contributed by atoms with Gasteiger partial charge in [0.2, 0.25) is 0 Å². The average molecular weight is 144 g/mol. The first-order chi connectivity index (χ1) is 4.51. The monoisotopic (exact) mass is 144 g/mol. The van der Waals surface area contributed by atoms with Crippen LogP contribution in [0.15, 0.2) is 0 Å². The first-order valence-corrected chi connectivity index (χ1v) is 3.27. The lowest BCUT2D eigenvalue weighted by Gasteiger charge is -1.96. The second kappa shape index (κ2) is 1.95. The Bertz CT molecular complexity index is 162. The summed E-state index contributed by atoms with van der Waals surface area (Å²) in [7, 11) is 1.55. The molecule has 0 aromatic rings. The molecule has 1 rings (SSSR count). The van der Waals surface area contributed by atoms with Gasteiger partial charge in [0.15, 0.2) is 0 Å². The average Bonchev–Trinajstić information content (AvgIpc) is 2.33. The van der Waals surface area contributed by atoms with Gasteiger partial charge in [-0.25, -0.2) is 0 Å². The van der Waals surface area contributed by atoms with Crippen LogP contribution in [0, 0.1) is 11.3 Å². The van der Waals surface area contributed by atoms with Crippen molar-refractivity contribution in [2.45, 2.75) is 20.0 Å². The van der Waals surface area contributed by atoms with Crippen molar-refractivity contribution in [3.8, 4) is 0 Å². The van der Waals surface area contributed by atoms with E-state index in [9.17, 15) is 4.79 Å². The smallest absolute Gasteiger partial charge is 0.309 e. The third kappa shape index (κ3) is 0.814. The van der Waals surface area contributed by atoms with Crippen molar-refractivity contribution in [3.05, 3.63) is 0 Å². The van der Waals surface area contributed by atoms with Crippen LogP contribution in [-0.4, -0.2) is 24.3 Å².